The number of benzene rings is 1. The summed E-state index contributed by atoms with van der Waals surface area (Å²) in [5.41, 5.74) is -4.07. The van der Waals surface area contributed by atoms with Crippen LogP contribution in [0.1, 0.15) is 34.3 Å². The highest BCUT2D eigenvalue weighted by Crippen LogP contribution is 2.36. The number of amides is 1. The van der Waals surface area contributed by atoms with E-state index in [2.05, 4.69) is 0 Å². The largest absolute Gasteiger partial charge is 0.464 e. The standard InChI is InChI=1S/C15H13F6NO3/c16-14(17,18)10-3-9(4-11(5-10)15(19,20)21)13(24)22-6-12(23)25-7-8-1-2-8/h3-5,8H,1-2,6-7H2,(H,22,24). The van der Waals surface area contributed by atoms with E-state index in [1.807, 2.05) is 5.32 Å². The first-order valence-electron chi connectivity index (χ1n) is 7.20. The van der Waals surface area contributed by atoms with Crippen molar-refractivity contribution < 1.29 is 40.7 Å². The van der Waals surface area contributed by atoms with E-state index in [1.165, 1.54) is 0 Å². The molecule has 0 heterocycles. The van der Waals surface area contributed by atoms with Crippen molar-refractivity contribution in [3.8, 4) is 0 Å². The van der Waals surface area contributed by atoms with Crippen LogP contribution in [0.3, 0.4) is 0 Å². The van der Waals surface area contributed by atoms with Crippen LogP contribution in [0.15, 0.2) is 18.2 Å². The molecule has 0 unspecified atom stereocenters. The van der Waals surface area contributed by atoms with Gasteiger partial charge in [0, 0.05) is 5.56 Å². The maximum absolute atomic E-state index is 12.7. The van der Waals surface area contributed by atoms with Crippen molar-refractivity contribution in [1.82, 2.24) is 5.32 Å². The number of ether oxygens (including phenoxy) is 1. The smallest absolute Gasteiger partial charge is 0.416 e. The number of nitrogens with one attached hydrogen (secondary N) is 1. The molecule has 1 fully saturated rings. The van der Waals surface area contributed by atoms with Crippen LogP contribution in [0.5, 0.6) is 0 Å². The molecule has 1 aliphatic carbocycles. The predicted molar refractivity (Wildman–Crippen MR) is 72.5 cm³/mol. The molecule has 1 amide bonds. The highest BCUT2D eigenvalue weighted by molar-refractivity contribution is 5.96. The molecule has 0 atom stereocenters. The Kier molecular flexibility index (Phi) is 5.28. The summed E-state index contributed by atoms with van der Waals surface area (Å²) in [5.74, 6) is -1.78. The number of alkyl halides is 6. The Balaban J connectivity index is 2.10. The van der Waals surface area contributed by atoms with Gasteiger partial charge in [-0.25, -0.2) is 0 Å². The fraction of sp³-hybridized carbons (Fsp3) is 0.467. The maximum atomic E-state index is 12.7. The second-order valence-corrected chi connectivity index (χ2v) is 5.60. The maximum Gasteiger partial charge on any atom is 0.416 e. The van der Waals surface area contributed by atoms with Gasteiger partial charge in [0.25, 0.3) is 5.91 Å². The average Bonchev–Trinajstić information content (AvgIpc) is 3.32. The third-order valence-electron chi connectivity index (χ3n) is 3.42. The molecule has 0 spiro atoms. The fourth-order valence-electron chi connectivity index (χ4n) is 1.89. The Morgan fingerprint density at radius 2 is 1.52 bits per heavy atom. The van der Waals surface area contributed by atoms with Crippen LogP contribution in [0.4, 0.5) is 26.3 Å². The van der Waals surface area contributed by atoms with Crippen molar-refractivity contribution >= 4 is 11.9 Å². The molecule has 0 aromatic heterocycles. The lowest BCUT2D eigenvalue weighted by Gasteiger charge is -2.14. The molecule has 0 radical (unpaired) electrons. The summed E-state index contributed by atoms with van der Waals surface area (Å²) in [6.07, 6.45) is -8.27. The average molecular weight is 369 g/mol. The van der Waals surface area contributed by atoms with E-state index >= 15 is 0 Å². The summed E-state index contributed by atoms with van der Waals surface area (Å²) in [6, 6.07) is 0.501. The van der Waals surface area contributed by atoms with Crippen LogP contribution in [-0.4, -0.2) is 25.0 Å². The SMILES string of the molecule is O=C(CNC(=O)c1cc(C(F)(F)F)cc(C(F)(F)F)c1)OCC1CC1. The van der Waals surface area contributed by atoms with Crippen LogP contribution in [-0.2, 0) is 21.9 Å². The van der Waals surface area contributed by atoms with Gasteiger partial charge in [-0.1, -0.05) is 0 Å². The molecule has 2 rings (SSSR count). The molecule has 0 bridgehead atoms. The lowest BCUT2D eigenvalue weighted by atomic mass is 10.0. The van der Waals surface area contributed by atoms with Crippen LogP contribution >= 0.6 is 0 Å². The van der Waals surface area contributed by atoms with Gasteiger partial charge < -0.3 is 10.1 Å². The third kappa shape index (κ3) is 5.64. The predicted octanol–water partition coefficient (Wildman–Crippen LogP) is 3.41. The topological polar surface area (TPSA) is 55.4 Å². The first-order valence-corrected chi connectivity index (χ1v) is 7.20. The molecule has 1 aromatic carbocycles. The van der Waals surface area contributed by atoms with Crippen molar-refractivity contribution in [3.05, 3.63) is 34.9 Å². The van der Waals surface area contributed by atoms with E-state index in [4.69, 9.17) is 4.74 Å². The summed E-state index contributed by atoms with van der Waals surface area (Å²) in [7, 11) is 0. The van der Waals surface area contributed by atoms with Gasteiger partial charge in [-0.2, -0.15) is 26.3 Å². The zero-order chi connectivity index (χ0) is 18.8. The summed E-state index contributed by atoms with van der Waals surface area (Å²) in [6.45, 7) is -0.473. The minimum Gasteiger partial charge on any atom is -0.464 e. The Labute approximate surface area is 138 Å². The van der Waals surface area contributed by atoms with Gasteiger partial charge in [0.2, 0.25) is 0 Å². The molecular weight excluding hydrogens is 356 g/mol. The molecule has 1 aromatic rings. The van der Waals surface area contributed by atoms with Gasteiger partial charge >= 0.3 is 18.3 Å². The monoisotopic (exact) mass is 369 g/mol. The van der Waals surface area contributed by atoms with Crippen molar-refractivity contribution in [2.45, 2.75) is 25.2 Å². The quantitative estimate of drug-likeness (QED) is 0.639. The minimum absolute atomic E-state index is 0.0827. The van der Waals surface area contributed by atoms with Gasteiger partial charge in [0.1, 0.15) is 6.54 Å². The molecule has 0 saturated heterocycles. The van der Waals surface area contributed by atoms with Crippen LogP contribution in [0, 0.1) is 5.92 Å². The molecule has 1 N–H and O–H groups in total. The fourth-order valence-corrected chi connectivity index (χ4v) is 1.89. The Hall–Kier alpha value is -2.26. The molecule has 1 aliphatic rings. The van der Waals surface area contributed by atoms with Crippen molar-refractivity contribution in [1.29, 1.82) is 0 Å². The van der Waals surface area contributed by atoms with Gasteiger partial charge in [-0.15, -0.1) is 0 Å². The van der Waals surface area contributed by atoms with Crippen molar-refractivity contribution in [3.63, 3.8) is 0 Å². The molecule has 4 nitrogen and oxygen atoms in total. The highest BCUT2D eigenvalue weighted by Gasteiger charge is 2.37. The number of rotatable bonds is 5. The number of carbonyl (C=O) groups is 2. The minimum atomic E-state index is -5.06. The van der Waals surface area contributed by atoms with Gasteiger partial charge in [0.15, 0.2) is 0 Å². The molecule has 25 heavy (non-hydrogen) atoms. The van der Waals surface area contributed by atoms with Crippen molar-refractivity contribution in [2.24, 2.45) is 5.92 Å². The molecular formula is C15H13F6NO3. The van der Waals surface area contributed by atoms with Gasteiger partial charge in [0.05, 0.1) is 17.7 Å². The Bertz CT molecular complexity index is 632. The summed E-state index contributed by atoms with van der Waals surface area (Å²) >= 11 is 0. The van der Waals surface area contributed by atoms with E-state index in [0.29, 0.717) is 12.1 Å². The van der Waals surface area contributed by atoms with E-state index in [0.717, 1.165) is 12.8 Å². The number of carbonyl (C=O) groups excluding carboxylic acids is 2. The zero-order valence-electron chi connectivity index (χ0n) is 12.6. The van der Waals surface area contributed by atoms with Crippen molar-refractivity contribution in [2.75, 3.05) is 13.2 Å². The van der Waals surface area contributed by atoms with Crippen LogP contribution in [0.25, 0.3) is 0 Å². The lowest BCUT2D eigenvalue weighted by molar-refractivity contribution is -0.144. The second kappa shape index (κ2) is 6.93. The number of hydrogen-bond acceptors (Lipinski definition) is 3. The van der Waals surface area contributed by atoms with E-state index in [1.54, 1.807) is 0 Å². The van der Waals surface area contributed by atoms with Crippen LogP contribution in [0.2, 0.25) is 0 Å². The van der Waals surface area contributed by atoms with E-state index < -0.39 is 47.5 Å². The first-order chi connectivity index (χ1) is 11.5. The first kappa shape index (κ1) is 19.1. The zero-order valence-corrected chi connectivity index (χ0v) is 12.6. The van der Waals surface area contributed by atoms with E-state index in [-0.39, 0.29) is 18.6 Å². The number of halogens is 6. The van der Waals surface area contributed by atoms with Crippen LogP contribution < -0.4 is 5.32 Å². The Morgan fingerprint density at radius 1 is 1.00 bits per heavy atom. The van der Waals surface area contributed by atoms with Gasteiger partial charge in [-0.05, 0) is 37.0 Å². The third-order valence-corrected chi connectivity index (χ3v) is 3.42. The van der Waals surface area contributed by atoms with Gasteiger partial charge in [-0.3, -0.25) is 9.59 Å². The van der Waals surface area contributed by atoms with E-state index in [9.17, 15) is 35.9 Å². The lowest BCUT2D eigenvalue weighted by Crippen LogP contribution is -2.31. The summed E-state index contributed by atoms with van der Waals surface area (Å²) < 4.78 is 81.1. The molecule has 10 heteroatoms. The summed E-state index contributed by atoms with van der Waals surface area (Å²) in [4.78, 5) is 23.2. The summed E-state index contributed by atoms with van der Waals surface area (Å²) in [5, 5.41) is 1.95. The normalized spacial score (nSPS) is 15.0. The molecule has 1 saturated carbocycles. The highest BCUT2D eigenvalue weighted by atomic mass is 19.4. The number of hydrogen-bond donors (Lipinski definition) is 1. The molecule has 138 valence electrons. The number of esters is 1. The second-order valence-electron chi connectivity index (χ2n) is 5.60. The molecule has 0 aliphatic heterocycles. The Morgan fingerprint density at radius 3 is 1.96 bits per heavy atom.